The van der Waals surface area contributed by atoms with E-state index >= 15 is 0 Å². The van der Waals surface area contributed by atoms with E-state index in [1.54, 1.807) is 6.07 Å². The number of aryl methyl sites for hydroxylation is 1. The molecule has 4 N–H and O–H groups in total. The third-order valence-corrected chi connectivity index (χ3v) is 5.92. The van der Waals surface area contributed by atoms with Gasteiger partial charge in [0.05, 0.1) is 0 Å². The minimum absolute atomic E-state index is 0.372. The molecule has 1 aliphatic rings. The number of H-pyrrole nitrogens is 1. The van der Waals surface area contributed by atoms with Gasteiger partial charge in [0, 0.05) is 35.2 Å². The van der Waals surface area contributed by atoms with Crippen LogP contribution in [-0.2, 0) is 6.42 Å². The first-order valence-electron chi connectivity index (χ1n) is 10.6. The largest absolute Gasteiger partial charge is 0.366 e. The predicted molar refractivity (Wildman–Crippen MR) is 120 cm³/mol. The number of carbonyl (C=O) groups excluding carboxylic acids is 1. The maximum Gasteiger partial charge on any atom is 0.248 e. The summed E-state index contributed by atoms with van der Waals surface area (Å²) in [7, 11) is 0. The van der Waals surface area contributed by atoms with Gasteiger partial charge in [-0.05, 0) is 60.6 Å². The maximum atomic E-state index is 11.4. The van der Waals surface area contributed by atoms with Gasteiger partial charge in [-0.25, -0.2) is 0 Å². The lowest BCUT2D eigenvalue weighted by atomic mass is 9.92. The van der Waals surface area contributed by atoms with Gasteiger partial charge in [0.25, 0.3) is 0 Å². The van der Waals surface area contributed by atoms with E-state index in [0.717, 1.165) is 36.7 Å². The first kappa shape index (κ1) is 19.5. The average molecular weight is 388 g/mol. The van der Waals surface area contributed by atoms with Crippen molar-refractivity contribution in [2.75, 3.05) is 6.54 Å². The average Bonchev–Trinajstić information content (AvgIpc) is 3.16. The lowest BCUT2D eigenvalue weighted by molar-refractivity contribution is 0.100. The van der Waals surface area contributed by atoms with Gasteiger partial charge in [-0.15, -0.1) is 0 Å². The number of hydrogen-bond acceptors (Lipinski definition) is 2. The van der Waals surface area contributed by atoms with Crippen LogP contribution in [0.15, 0.2) is 60.8 Å². The summed E-state index contributed by atoms with van der Waals surface area (Å²) in [6.45, 7) is 0.965. The second kappa shape index (κ2) is 9.10. The van der Waals surface area contributed by atoms with Gasteiger partial charge in [-0.1, -0.05) is 49.2 Å². The zero-order valence-electron chi connectivity index (χ0n) is 16.8. The number of nitrogens with one attached hydrogen (secondary N) is 2. The Kier molecular flexibility index (Phi) is 6.11. The molecule has 0 saturated carbocycles. The number of aromatic amines is 1. The van der Waals surface area contributed by atoms with Crippen LogP contribution < -0.4 is 11.1 Å². The van der Waals surface area contributed by atoms with Crippen molar-refractivity contribution < 1.29 is 4.79 Å². The number of hydrogen-bond donors (Lipinski definition) is 3. The minimum atomic E-state index is -0.372. The number of fused-ring (bicyclic) bond motifs is 1. The van der Waals surface area contributed by atoms with Gasteiger partial charge >= 0.3 is 0 Å². The summed E-state index contributed by atoms with van der Waals surface area (Å²) in [5, 5.41) is 4.76. The fraction of sp³-hybridized carbons (Fsp3) is 0.320. The summed E-state index contributed by atoms with van der Waals surface area (Å²) in [5.74, 6) is -0.372. The first-order valence-corrected chi connectivity index (χ1v) is 10.6. The molecule has 1 unspecified atom stereocenters. The summed E-state index contributed by atoms with van der Waals surface area (Å²) >= 11 is 0. The molecule has 150 valence electrons. The Bertz CT molecular complexity index is 1000. The topological polar surface area (TPSA) is 70.9 Å². The van der Waals surface area contributed by atoms with Crippen LogP contribution in [-0.4, -0.2) is 23.5 Å². The zero-order chi connectivity index (χ0) is 20.1. The molecule has 2 heterocycles. The van der Waals surface area contributed by atoms with E-state index in [1.807, 2.05) is 12.1 Å². The van der Waals surface area contributed by atoms with E-state index in [2.05, 4.69) is 52.9 Å². The van der Waals surface area contributed by atoms with Crippen LogP contribution in [0.3, 0.4) is 0 Å². The molecule has 3 aromatic rings. The van der Waals surface area contributed by atoms with Crippen molar-refractivity contribution in [1.82, 2.24) is 10.3 Å². The number of unbranched alkanes of at least 4 members (excludes halogenated alkanes) is 2. The number of amides is 1. The SMILES string of the molecule is NC(=O)c1ccc2[nH]cc(CCCCCC3CC(c4ccccc4)=CCN3)c2c1. The zero-order valence-corrected chi connectivity index (χ0v) is 16.8. The van der Waals surface area contributed by atoms with Crippen molar-refractivity contribution in [2.24, 2.45) is 5.73 Å². The summed E-state index contributed by atoms with van der Waals surface area (Å²) in [4.78, 5) is 14.7. The van der Waals surface area contributed by atoms with Crippen LogP contribution in [0.2, 0.25) is 0 Å². The van der Waals surface area contributed by atoms with E-state index in [9.17, 15) is 4.79 Å². The van der Waals surface area contributed by atoms with Crippen molar-refractivity contribution in [2.45, 2.75) is 44.6 Å². The Balaban J connectivity index is 1.24. The van der Waals surface area contributed by atoms with Crippen LogP contribution >= 0.6 is 0 Å². The van der Waals surface area contributed by atoms with Gasteiger partial charge in [0.15, 0.2) is 0 Å². The number of primary amides is 1. The van der Waals surface area contributed by atoms with E-state index in [4.69, 9.17) is 5.73 Å². The van der Waals surface area contributed by atoms with Crippen LogP contribution in [0.25, 0.3) is 16.5 Å². The molecule has 1 aliphatic heterocycles. The van der Waals surface area contributed by atoms with Crippen LogP contribution in [0.5, 0.6) is 0 Å². The van der Waals surface area contributed by atoms with E-state index < -0.39 is 0 Å². The predicted octanol–water partition coefficient (Wildman–Crippen LogP) is 4.82. The molecule has 0 radical (unpaired) electrons. The molecule has 4 nitrogen and oxygen atoms in total. The summed E-state index contributed by atoms with van der Waals surface area (Å²) in [5.41, 5.74) is 11.2. The highest BCUT2D eigenvalue weighted by Crippen LogP contribution is 2.25. The highest BCUT2D eigenvalue weighted by Gasteiger charge is 2.15. The lowest BCUT2D eigenvalue weighted by Crippen LogP contribution is -2.32. The molecule has 0 saturated heterocycles. The first-order chi connectivity index (χ1) is 14.2. The van der Waals surface area contributed by atoms with Gasteiger partial charge in [0.2, 0.25) is 5.91 Å². The molecule has 1 atom stereocenters. The number of benzene rings is 2. The molecule has 4 heteroatoms. The fourth-order valence-electron chi connectivity index (χ4n) is 4.28. The fourth-order valence-corrected chi connectivity index (χ4v) is 4.28. The molecule has 4 rings (SSSR count). The molecule has 1 amide bonds. The van der Waals surface area contributed by atoms with E-state index in [0.29, 0.717) is 11.6 Å². The summed E-state index contributed by atoms with van der Waals surface area (Å²) in [6, 6.07) is 16.9. The Hall–Kier alpha value is -2.85. The molecule has 0 bridgehead atoms. The van der Waals surface area contributed by atoms with Crippen molar-refractivity contribution >= 4 is 22.4 Å². The van der Waals surface area contributed by atoms with Crippen molar-refractivity contribution in [3.05, 3.63) is 77.5 Å². The van der Waals surface area contributed by atoms with Gasteiger partial charge < -0.3 is 16.0 Å². The monoisotopic (exact) mass is 387 g/mol. The second-order valence-corrected chi connectivity index (χ2v) is 7.94. The molecular weight excluding hydrogens is 358 g/mol. The highest BCUT2D eigenvalue weighted by molar-refractivity contribution is 5.97. The molecule has 0 spiro atoms. The quantitative estimate of drug-likeness (QED) is 0.485. The molecule has 0 fully saturated rings. The van der Waals surface area contributed by atoms with E-state index in [1.165, 1.54) is 36.0 Å². The van der Waals surface area contributed by atoms with Crippen LogP contribution in [0.1, 0.15) is 53.6 Å². The molecule has 2 aromatic carbocycles. The Morgan fingerprint density at radius 1 is 1.07 bits per heavy atom. The lowest BCUT2D eigenvalue weighted by Gasteiger charge is -2.24. The minimum Gasteiger partial charge on any atom is -0.366 e. The highest BCUT2D eigenvalue weighted by atomic mass is 16.1. The number of rotatable bonds is 8. The Labute approximate surface area is 172 Å². The summed E-state index contributed by atoms with van der Waals surface area (Å²) in [6.07, 6.45) is 11.3. The Morgan fingerprint density at radius 3 is 2.76 bits per heavy atom. The standard InChI is InChI=1S/C25H29N3O/c26-25(29)20-11-12-24-23(16-20)21(17-28-24)9-5-2-6-10-22-15-19(13-14-27-22)18-7-3-1-4-8-18/h1,3-4,7-8,11-13,16-17,22,27-28H,2,5-6,9-10,14-15H2,(H2,26,29). The van der Waals surface area contributed by atoms with Gasteiger partial charge in [-0.3, -0.25) is 4.79 Å². The van der Waals surface area contributed by atoms with Crippen molar-refractivity contribution in [1.29, 1.82) is 0 Å². The number of nitrogens with two attached hydrogens (primary N) is 1. The maximum absolute atomic E-state index is 11.4. The smallest absolute Gasteiger partial charge is 0.248 e. The summed E-state index contributed by atoms with van der Waals surface area (Å²) < 4.78 is 0. The van der Waals surface area contributed by atoms with Crippen LogP contribution in [0, 0.1) is 0 Å². The third kappa shape index (κ3) is 4.77. The molecular formula is C25H29N3O. The third-order valence-electron chi connectivity index (χ3n) is 5.92. The number of aromatic nitrogens is 1. The number of carbonyl (C=O) groups is 1. The molecule has 1 aromatic heterocycles. The second-order valence-electron chi connectivity index (χ2n) is 7.94. The van der Waals surface area contributed by atoms with Crippen molar-refractivity contribution in [3.8, 4) is 0 Å². The molecule has 29 heavy (non-hydrogen) atoms. The van der Waals surface area contributed by atoms with Crippen LogP contribution in [0.4, 0.5) is 0 Å². The molecule has 0 aliphatic carbocycles. The van der Waals surface area contributed by atoms with Gasteiger partial charge in [0.1, 0.15) is 0 Å². The van der Waals surface area contributed by atoms with Crippen molar-refractivity contribution in [3.63, 3.8) is 0 Å². The van der Waals surface area contributed by atoms with E-state index in [-0.39, 0.29) is 5.91 Å². The Morgan fingerprint density at radius 2 is 1.93 bits per heavy atom. The van der Waals surface area contributed by atoms with Gasteiger partial charge in [-0.2, -0.15) is 0 Å². The normalized spacial score (nSPS) is 16.7.